The van der Waals surface area contributed by atoms with Crippen LogP contribution in [0.2, 0.25) is 0 Å². The summed E-state index contributed by atoms with van der Waals surface area (Å²) in [6.45, 7) is 0.526. The molecule has 2 saturated carbocycles. The van der Waals surface area contributed by atoms with Crippen LogP contribution < -0.4 is 16.8 Å². The molecule has 0 radical (unpaired) electrons. The Hall–Kier alpha value is -2.68. The number of fused-ring (bicyclic) bond motifs is 1. The number of aliphatic carboxylic acids is 1. The van der Waals surface area contributed by atoms with Gasteiger partial charge in [0.1, 0.15) is 11.9 Å². The van der Waals surface area contributed by atoms with Crippen molar-refractivity contribution in [2.75, 3.05) is 12.3 Å². The molecule has 2 heterocycles. The molecule has 1 aromatic rings. The van der Waals surface area contributed by atoms with E-state index < -0.39 is 29.4 Å². The fourth-order valence-corrected chi connectivity index (χ4v) is 6.71. The van der Waals surface area contributed by atoms with Crippen LogP contribution >= 0.6 is 0 Å². The van der Waals surface area contributed by atoms with Crippen molar-refractivity contribution in [1.29, 1.82) is 0 Å². The molecule has 1 aromatic heterocycles. The number of nitrogen functional groups attached to an aromatic ring is 1. The maximum atomic E-state index is 14.0. The van der Waals surface area contributed by atoms with Crippen LogP contribution in [0.25, 0.3) is 0 Å². The largest absolute Gasteiger partial charge is 0.480 e. The van der Waals surface area contributed by atoms with E-state index in [4.69, 9.17) is 11.5 Å². The van der Waals surface area contributed by atoms with E-state index in [1.165, 1.54) is 0 Å². The van der Waals surface area contributed by atoms with Gasteiger partial charge < -0.3 is 21.9 Å². The Kier molecular flexibility index (Phi) is 6.88. The van der Waals surface area contributed by atoms with E-state index in [9.17, 15) is 19.5 Å². The van der Waals surface area contributed by atoms with Gasteiger partial charge in [-0.2, -0.15) is 0 Å². The Morgan fingerprint density at radius 2 is 1.85 bits per heavy atom. The average Bonchev–Trinajstić information content (AvgIpc) is 3.29. The zero-order valence-corrected chi connectivity index (χ0v) is 19.0. The zero-order chi connectivity index (χ0) is 23.6. The Balaban J connectivity index is 1.72. The van der Waals surface area contributed by atoms with Gasteiger partial charge in [0.2, 0.25) is 5.91 Å². The van der Waals surface area contributed by atoms with Crippen LogP contribution in [0.15, 0.2) is 18.3 Å². The minimum absolute atomic E-state index is 0.160. The third-order valence-electron chi connectivity index (χ3n) is 8.12. The number of nitrogens with zero attached hydrogens (tertiary/aromatic N) is 2. The first-order valence-electron chi connectivity index (χ1n) is 12.1. The predicted octanol–water partition coefficient (Wildman–Crippen LogP) is 1.66. The Morgan fingerprint density at radius 1 is 1.09 bits per heavy atom. The Morgan fingerprint density at radius 3 is 2.55 bits per heavy atom. The first-order chi connectivity index (χ1) is 15.9. The first kappa shape index (κ1) is 23.5. The molecule has 6 N–H and O–H groups in total. The van der Waals surface area contributed by atoms with E-state index in [1.807, 2.05) is 0 Å². The second-order valence-electron chi connectivity index (χ2n) is 9.84. The summed E-state index contributed by atoms with van der Waals surface area (Å²) in [6, 6.07) is 2.52. The van der Waals surface area contributed by atoms with Crippen molar-refractivity contribution in [3.8, 4) is 0 Å². The molecule has 1 aliphatic heterocycles. The summed E-state index contributed by atoms with van der Waals surface area (Å²) >= 11 is 0. The molecule has 180 valence electrons. The predicted molar refractivity (Wildman–Crippen MR) is 123 cm³/mol. The van der Waals surface area contributed by atoms with Crippen LogP contribution in [-0.4, -0.2) is 50.9 Å². The molecule has 3 aliphatic rings. The van der Waals surface area contributed by atoms with E-state index in [2.05, 4.69) is 10.3 Å². The number of hydrogen-bond donors (Lipinski definition) is 4. The third kappa shape index (κ3) is 4.30. The number of anilines is 1. The molecular formula is C24H35N5O4. The van der Waals surface area contributed by atoms with Crippen molar-refractivity contribution in [1.82, 2.24) is 15.2 Å². The van der Waals surface area contributed by atoms with Crippen molar-refractivity contribution in [2.45, 2.75) is 75.9 Å². The number of carbonyl (C=O) groups is 3. The highest BCUT2D eigenvalue weighted by atomic mass is 16.4. The molecule has 3 fully saturated rings. The van der Waals surface area contributed by atoms with Gasteiger partial charge in [0, 0.05) is 19.3 Å². The van der Waals surface area contributed by atoms with Crippen LogP contribution in [0.1, 0.15) is 63.4 Å². The van der Waals surface area contributed by atoms with Crippen LogP contribution in [0, 0.1) is 17.8 Å². The number of likely N-dealkylation sites (tertiary alicyclic amines) is 1. The molecular weight excluding hydrogens is 422 g/mol. The Bertz CT molecular complexity index is 889. The average molecular weight is 458 g/mol. The van der Waals surface area contributed by atoms with E-state index in [0.717, 1.165) is 44.1 Å². The minimum atomic E-state index is -1.68. The lowest BCUT2D eigenvalue weighted by atomic mass is 9.58. The third-order valence-corrected chi connectivity index (χ3v) is 8.12. The summed E-state index contributed by atoms with van der Waals surface area (Å²) < 4.78 is 0. The van der Waals surface area contributed by atoms with Gasteiger partial charge in [-0.05, 0) is 55.1 Å². The van der Waals surface area contributed by atoms with Crippen molar-refractivity contribution in [3.63, 3.8) is 0 Å². The number of pyridine rings is 1. The highest BCUT2D eigenvalue weighted by Gasteiger charge is 2.62. The second kappa shape index (κ2) is 9.67. The molecule has 9 nitrogen and oxygen atoms in total. The van der Waals surface area contributed by atoms with Gasteiger partial charge in [-0.3, -0.25) is 19.3 Å². The van der Waals surface area contributed by atoms with Crippen LogP contribution in [0.5, 0.6) is 0 Å². The number of hydrogen-bond acceptors (Lipinski definition) is 6. The van der Waals surface area contributed by atoms with Crippen molar-refractivity contribution in [2.24, 2.45) is 23.5 Å². The molecule has 0 spiro atoms. The molecule has 3 unspecified atom stereocenters. The lowest BCUT2D eigenvalue weighted by Gasteiger charge is -2.52. The molecule has 2 aliphatic carbocycles. The van der Waals surface area contributed by atoms with E-state index in [-0.39, 0.29) is 18.4 Å². The number of carbonyl (C=O) groups excluding carboxylic acids is 2. The molecule has 1 saturated heterocycles. The summed E-state index contributed by atoms with van der Waals surface area (Å²) in [6.07, 6.45) is 9.57. The van der Waals surface area contributed by atoms with Gasteiger partial charge in [-0.25, -0.2) is 4.98 Å². The Labute approximate surface area is 194 Å². The van der Waals surface area contributed by atoms with Crippen molar-refractivity contribution in [3.05, 3.63) is 23.9 Å². The number of nitrogens with one attached hydrogen (secondary N) is 1. The highest BCUT2D eigenvalue weighted by Crippen LogP contribution is 2.50. The number of carboxylic acid groups (broad SMARTS) is 1. The molecule has 33 heavy (non-hydrogen) atoms. The molecule has 0 bridgehead atoms. The van der Waals surface area contributed by atoms with E-state index >= 15 is 0 Å². The standard InChI is InChI=1S/C24H35N5O4/c25-20-11-10-15(13-27-20)14-28-23(33)24(22(26)32,29-12-4-9-19(29)21(30)31)18-8-3-6-16-5-1-2-7-17(16)18/h10-11,13,16-19H,1-9,12,14H2,(H2,25,27)(H2,26,32)(H,28,33)(H,30,31)/t16?,17?,18?,19-,24+/m1/s1. The maximum absolute atomic E-state index is 14.0. The summed E-state index contributed by atoms with van der Waals surface area (Å²) in [4.78, 5) is 45.1. The monoisotopic (exact) mass is 457 g/mol. The van der Waals surface area contributed by atoms with Crippen LogP contribution in [0.3, 0.4) is 0 Å². The van der Waals surface area contributed by atoms with Gasteiger partial charge in [-0.1, -0.05) is 38.2 Å². The number of carboxylic acids is 1. The van der Waals surface area contributed by atoms with E-state index in [0.29, 0.717) is 37.5 Å². The SMILES string of the molecule is NC(=O)[C@](C(=O)NCc1ccc(N)nc1)(C1CCCC2CCCCC21)N1CCC[C@@H]1C(=O)O. The fraction of sp³-hybridized carbons (Fsp3) is 0.667. The fourth-order valence-electron chi connectivity index (χ4n) is 6.71. The first-order valence-corrected chi connectivity index (χ1v) is 12.1. The summed E-state index contributed by atoms with van der Waals surface area (Å²) in [5.74, 6) is -1.50. The lowest BCUT2D eigenvalue weighted by molar-refractivity contribution is -0.161. The minimum Gasteiger partial charge on any atom is -0.480 e. The zero-order valence-electron chi connectivity index (χ0n) is 19.0. The smallest absolute Gasteiger partial charge is 0.320 e. The van der Waals surface area contributed by atoms with Gasteiger partial charge in [-0.15, -0.1) is 0 Å². The van der Waals surface area contributed by atoms with Gasteiger partial charge in [0.15, 0.2) is 5.54 Å². The number of primary amides is 1. The number of amides is 2. The molecule has 0 aromatic carbocycles. The van der Waals surface area contributed by atoms with E-state index in [1.54, 1.807) is 23.2 Å². The van der Waals surface area contributed by atoms with Crippen LogP contribution in [-0.2, 0) is 20.9 Å². The normalized spacial score (nSPS) is 29.6. The second-order valence-corrected chi connectivity index (χ2v) is 9.84. The topological polar surface area (TPSA) is 152 Å². The number of nitrogens with two attached hydrogens (primary N) is 2. The lowest BCUT2D eigenvalue weighted by Crippen LogP contribution is -2.72. The summed E-state index contributed by atoms with van der Waals surface area (Å²) in [5.41, 5.74) is 10.8. The van der Waals surface area contributed by atoms with Crippen molar-refractivity contribution < 1.29 is 19.5 Å². The summed E-state index contributed by atoms with van der Waals surface area (Å²) in [7, 11) is 0. The highest BCUT2D eigenvalue weighted by molar-refractivity contribution is 6.10. The molecule has 2 amide bonds. The quantitative estimate of drug-likeness (QED) is 0.454. The molecule has 4 rings (SSSR count). The molecule has 5 atom stereocenters. The molecule has 9 heteroatoms. The van der Waals surface area contributed by atoms with Crippen LogP contribution in [0.4, 0.5) is 5.82 Å². The van der Waals surface area contributed by atoms with Gasteiger partial charge in [0.25, 0.3) is 5.91 Å². The van der Waals surface area contributed by atoms with Gasteiger partial charge >= 0.3 is 5.97 Å². The summed E-state index contributed by atoms with van der Waals surface area (Å²) in [5, 5.41) is 12.8. The van der Waals surface area contributed by atoms with Gasteiger partial charge in [0.05, 0.1) is 0 Å². The van der Waals surface area contributed by atoms with Crippen molar-refractivity contribution >= 4 is 23.6 Å². The number of aromatic nitrogens is 1. The number of rotatable bonds is 7. The maximum Gasteiger partial charge on any atom is 0.320 e.